The van der Waals surface area contributed by atoms with Gasteiger partial charge in [0.25, 0.3) is 17.4 Å². The second kappa shape index (κ2) is 17.9. The van der Waals surface area contributed by atoms with Crippen LogP contribution in [0.25, 0.3) is 10.9 Å². The van der Waals surface area contributed by atoms with E-state index in [0.29, 0.717) is 47.0 Å². The molecule has 1 aliphatic carbocycles. The Balaban J connectivity index is 0.759. The van der Waals surface area contributed by atoms with Gasteiger partial charge >= 0.3 is 0 Å². The van der Waals surface area contributed by atoms with E-state index in [2.05, 4.69) is 55.5 Å². The first kappa shape index (κ1) is 44.4. The first-order valence-electron chi connectivity index (χ1n) is 22.7. The maximum atomic E-state index is 13.3. The third kappa shape index (κ3) is 8.97. The van der Waals surface area contributed by atoms with Crippen LogP contribution < -0.4 is 36.0 Å². The number of ether oxygens (including phenoxy) is 2. The van der Waals surface area contributed by atoms with E-state index in [0.717, 1.165) is 80.6 Å². The lowest BCUT2D eigenvalue weighted by Crippen LogP contribution is -2.64. The van der Waals surface area contributed by atoms with Gasteiger partial charge in [0.15, 0.2) is 18.2 Å². The largest absolute Gasteiger partial charge is 0.478 e. The summed E-state index contributed by atoms with van der Waals surface area (Å²) in [6, 6.07) is 13.0. The summed E-state index contributed by atoms with van der Waals surface area (Å²) < 4.78 is 13.9. The van der Waals surface area contributed by atoms with Gasteiger partial charge in [-0.2, -0.15) is 4.98 Å². The monoisotopic (exact) mass is 908 g/mol. The van der Waals surface area contributed by atoms with Gasteiger partial charge < -0.3 is 39.4 Å². The summed E-state index contributed by atoms with van der Waals surface area (Å²) in [5, 5.41) is 9.36. The van der Waals surface area contributed by atoms with Crippen LogP contribution in [0.5, 0.6) is 5.75 Å². The number of aromatic nitrogens is 3. The standard InChI is InChI=1S/C47H57ClN10O7/c1-27(2)58-37-9-6-30(18-28(37)20-39(45(58)63)64-25-41(60)49-5)51-42-36(48)23-50-46(53-42)54-14-12-33(13-15-54)65-34-21-32(22-34)55-16-17-57(47(3,4)26-55)31-7-8-35-29(19-31)24-56(44(35)62)38-10-11-40(59)52-43(38)61/h6-9,18-20,23,27,32-34,38H,10-17,21-22,24-26H2,1-5H3,(H,49,60)(H,50,51,53)(H,52,59,61)/t32-,34-,38-/m0/s1. The number of piperidine rings is 2. The van der Waals surface area contributed by atoms with Crippen molar-refractivity contribution in [1.29, 1.82) is 0 Å². The molecule has 4 aliphatic heterocycles. The van der Waals surface area contributed by atoms with E-state index < -0.39 is 11.9 Å². The molecule has 17 nitrogen and oxygen atoms in total. The molecule has 0 bridgehead atoms. The fourth-order valence-electron chi connectivity index (χ4n) is 10.1. The van der Waals surface area contributed by atoms with E-state index in [1.165, 1.54) is 7.05 Å². The zero-order chi connectivity index (χ0) is 45.7. The first-order chi connectivity index (χ1) is 31.1. The number of nitrogens with zero attached hydrogens (tertiary/aromatic N) is 7. The van der Waals surface area contributed by atoms with Gasteiger partial charge in [-0.15, -0.1) is 0 Å². The van der Waals surface area contributed by atoms with E-state index in [-0.39, 0.29) is 65.8 Å². The summed E-state index contributed by atoms with van der Waals surface area (Å²) in [7, 11) is 1.52. The van der Waals surface area contributed by atoms with Gasteiger partial charge in [0, 0.05) is 92.7 Å². The number of imide groups is 1. The smallest absolute Gasteiger partial charge is 0.293 e. The number of rotatable bonds is 12. The highest BCUT2D eigenvalue weighted by Crippen LogP contribution is 2.38. The predicted octanol–water partition coefficient (Wildman–Crippen LogP) is 4.77. The number of fused-ring (bicyclic) bond motifs is 2. The Morgan fingerprint density at radius 2 is 1.77 bits per heavy atom. The molecule has 18 heteroatoms. The van der Waals surface area contributed by atoms with Gasteiger partial charge in [0.05, 0.1) is 23.9 Å². The molecule has 0 radical (unpaired) electrons. The first-order valence-corrected chi connectivity index (χ1v) is 23.1. The number of hydrogen-bond acceptors (Lipinski definition) is 13. The number of benzene rings is 2. The van der Waals surface area contributed by atoms with Crippen LogP contribution in [0.1, 0.15) is 88.2 Å². The Labute approximate surface area is 382 Å². The summed E-state index contributed by atoms with van der Waals surface area (Å²) in [5.41, 5.74) is 3.64. The molecule has 2 aromatic carbocycles. The fraction of sp³-hybridized carbons (Fsp3) is 0.511. The third-order valence-electron chi connectivity index (χ3n) is 13.6. The molecule has 4 amide bonds. The van der Waals surface area contributed by atoms with Crippen molar-refractivity contribution < 1.29 is 28.7 Å². The van der Waals surface area contributed by atoms with Crippen molar-refractivity contribution in [3.05, 3.63) is 75.2 Å². The number of carbonyl (C=O) groups is 4. The Morgan fingerprint density at radius 3 is 2.49 bits per heavy atom. The van der Waals surface area contributed by atoms with Crippen LogP contribution >= 0.6 is 11.6 Å². The number of nitrogens with one attached hydrogen (secondary N) is 3. The SMILES string of the molecule is CNC(=O)COc1cc2cc(Nc3nc(N4CCC(O[C@H]5C[C@H](N6CCN(c7ccc8c(c7)CN([C@H]7CCC(=O)NC7=O)C8=O)C(C)(C)C6)C5)CC4)ncc3Cl)ccc2n(C(C)C)c1=O. The summed E-state index contributed by atoms with van der Waals surface area (Å²) in [4.78, 5) is 80.9. The van der Waals surface area contributed by atoms with E-state index in [1.54, 1.807) is 21.7 Å². The van der Waals surface area contributed by atoms with E-state index >= 15 is 0 Å². The molecule has 5 aliphatic rings. The topological polar surface area (TPSA) is 184 Å². The van der Waals surface area contributed by atoms with Gasteiger partial charge in [-0.05, 0) is 108 Å². The highest BCUT2D eigenvalue weighted by atomic mass is 35.5. The molecule has 4 fully saturated rings. The van der Waals surface area contributed by atoms with Crippen LogP contribution in [-0.4, -0.2) is 124 Å². The minimum absolute atomic E-state index is 0.0931. The number of piperazine rings is 1. The van der Waals surface area contributed by atoms with E-state index in [1.807, 2.05) is 44.2 Å². The second-order valence-electron chi connectivity index (χ2n) is 18.8. The number of likely N-dealkylation sites (N-methyl/N-ethyl adjacent to an activating group) is 1. The van der Waals surface area contributed by atoms with Crippen LogP contribution in [0.2, 0.25) is 5.02 Å². The quantitative estimate of drug-likeness (QED) is 0.166. The molecule has 4 aromatic rings. The maximum Gasteiger partial charge on any atom is 0.293 e. The van der Waals surface area contributed by atoms with Crippen molar-refractivity contribution in [3.8, 4) is 5.75 Å². The Bertz CT molecular complexity index is 2590. The van der Waals surface area contributed by atoms with Crippen LogP contribution in [0.3, 0.4) is 0 Å². The Kier molecular flexibility index (Phi) is 12.2. The van der Waals surface area contributed by atoms with Crippen molar-refractivity contribution in [2.24, 2.45) is 0 Å². The molecule has 3 N–H and O–H groups in total. The molecule has 0 spiro atoms. The minimum Gasteiger partial charge on any atom is -0.478 e. The van der Waals surface area contributed by atoms with Gasteiger partial charge in [-0.3, -0.25) is 34.2 Å². The predicted molar refractivity (Wildman–Crippen MR) is 247 cm³/mol. The highest BCUT2D eigenvalue weighted by molar-refractivity contribution is 6.33. The van der Waals surface area contributed by atoms with E-state index in [9.17, 15) is 24.0 Å². The molecular formula is C47H57ClN10O7. The van der Waals surface area contributed by atoms with Crippen LogP contribution in [0, 0.1) is 0 Å². The molecule has 2 aromatic heterocycles. The molecule has 344 valence electrons. The van der Waals surface area contributed by atoms with Crippen molar-refractivity contribution in [3.63, 3.8) is 0 Å². The average molecular weight is 909 g/mol. The van der Waals surface area contributed by atoms with Crippen LogP contribution in [0.15, 0.2) is 53.5 Å². The Hall–Kier alpha value is -5.78. The van der Waals surface area contributed by atoms with Crippen molar-refractivity contribution in [2.75, 3.05) is 61.5 Å². The number of halogens is 1. The fourth-order valence-corrected chi connectivity index (χ4v) is 10.2. The van der Waals surface area contributed by atoms with Gasteiger partial charge in [-0.25, -0.2) is 4.98 Å². The Morgan fingerprint density at radius 1 is 0.985 bits per heavy atom. The molecule has 1 atom stereocenters. The molecule has 6 heterocycles. The molecule has 0 unspecified atom stereocenters. The number of carbonyl (C=O) groups excluding carboxylic acids is 4. The highest BCUT2D eigenvalue weighted by Gasteiger charge is 2.43. The van der Waals surface area contributed by atoms with Gasteiger partial charge in [0.2, 0.25) is 17.8 Å². The van der Waals surface area contributed by atoms with Crippen molar-refractivity contribution in [2.45, 2.75) is 109 Å². The zero-order valence-electron chi connectivity index (χ0n) is 37.6. The summed E-state index contributed by atoms with van der Waals surface area (Å²) >= 11 is 6.61. The maximum absolute atomic E-state index is 13.3. The lowest BCUT2D eigenvalue weighted by molar-refractivity contribution is -0.137. The van der Waals surface area contributed by atoms with E-state index in [4.69, 9.17) is 26.1 Å². The van der Waals surface area contributed by atoms with Gasteiger partial charge in [0.1, 0.15) is 11.1 Å². The van der Waals surface area contributed by atoms with Gasteiger partial charge in [-0.1, -0.05) is 11.6 Å². The summed E-state index contributed by atoms with van der Waals surface area (Å²) in [5.74, 6) is -0.0207. The zero-order valence-corrected chi connectivity index (χ0v) is 38.3. The lowest BCUT2D eigenvalue weighted by atomic mass is 9.85. The minimum atomic E-state index is -0.623. The molecule has 9 rings (SSSR count). The number of pyridine rings is 1. The van der Waals surface area contributed by atoms with Crippen molar-refractivity contribution in [1.82, 2.24) is 35.0 Å². The number of amides is 4. The van der Waals surface area contributed by atoms with Crippen LogP contribution in [0.4, 0.5) is 23.1 Å². The molecule has 1 saturated carbocycles. The lowest BCUT2D eigenvalue weighted by Gasteiger charge is -2.53. The molecule has 3 saturated heterocycles. The summed E-state index contributed by atoms with van der Waals surface area (Å²) in [6.07, 6.45) is 6.35. The molecule has 65 heavy (non-hydrogen) atoms. The second-order valence-corrected chi connectivity index (χ2v) is 19.2. The molecular weight excluding hydrogens is 852 g/mol. The number of hydrogen-bond donors (Lipinski definition) is 3. The third-order valence-corrected chi connectivity index (χ3v) is 13.9. The summed E-state index contributed by atoms with van der Waals surface area (Å²) in [6.45, 7) is 12.7. The average Bonchev–Trinajstić information content (AvgIpc) is 3.58. The van der Waals surface area contributed by atoms with Crippen molar-refractivity contribution >= 4 is 69.3 Å². The number of anilines is 4. The van der Waals surface area contributed by atoms with Crippen LogP contribution in [-0.2, 0) is 25.7 Å². The normalized spacial score (nSPS) is 22.5.